The normalized spacial score (nSPS) is 10.4. The van der Waals surface area contributed by atoms with Crippen molar-refractivity contribution < 1.29 is 18.3 Å². The van der Waals surface area contributed by atoms with E-state index in [0.29, 0.717) is 17.1 Å². The van der Waals surface area contributed by atoms with Crippen molar-refractivity contribution in [3.63, 3.8) is 0 Å². The number of nitrogens with zero attached hydrogens (tertiary/aromatic N) is 3. The first-order valence-corrected chi connectivity index (χ1v) is 10.6. The number of aryl methyl sites for hydroxylation is 2. The Morgan fingerprint density at radius 2 is 1.88 bits per heavy atom. The van der Waals surface area contributed by atoms with E-state index in [4.69, 9.17) is 9.47 Å². The molecule has 8 heteroatoms. The average molecular weight is 458 g/mol. The molecule has 0 spiro atoms. The summed E-state index contributed by atoms with van der Waals surface area (Å²) >= 11 is 0. The molecule has 3 heterocycles. The molecule has 0 aliphatic heterocycles. The monoisotopic (exact) mass is 457 g/mol. The highest BCUT2D eigenvalue weighted by Crippen LogP contribution is 2.19. The number of ether oxygens (including phenoxy) is 2. The van der Waals surface area contributed by atoms with E-state index in [1.807, 2.05) is 6.92 Å². The summed E-state index contributed by atoms with van der Waals surface area (Å²) in [4.78, 5) is 20.5. The number of halogens is 2. The lowest BCUT2D eigenvalue weighted by atomic mass is 10.2. The van der Waals surface area contributed by atoms with Gasteiger partial charge in [-0.1, -0.05) is 19.9 Å². The van der Waals surface area contributed by atoms with Crippen molar-refractivity contribution in [1.29, 1.82) is 0 Å². The standard InChI is InChI=1S/C20H17F2N3O2.C5H12O/c1-4-15-7-19(12(2)9-23-15)25-13(3)5-16(8-20(25)26)27-11-18-17(22)6-14(21)10-24-18;1-3-4-5-6-2/h4-10H,1,11H2,2-3H3;3-5H2,1-2H3. The highest BCUT2D eigenvalue weighted by Gasteiger charge is 2.11. The van der Waals surface area contributed by atoms with Crippen LogP contribution in [0.4, 0.5) is 8.78 Å². The van der Waals surface area contributed by atoms with Crippen LogP contribution in [0.2, 0.25) is 0 Å². The number of rotatable bonds is 8. The Morgan fingerprint density at radius 3 is 2.45 bits per heavy atom. The zero-order chi connectivity index (χ0) is 24.4. The molecule has 0 bridgehead atoms. The molecule has 3 aromatic heterocycles. The van der Waals surface area contributed by atoms with Crippen LogP contribution in [0.5, 0.6) is 5.75 Å². The van der Waals surface area contributed by atoms with Gasteiger partial charge in [0.2, 0.25) is 0 Å². The van der Waals surface area contributed by atoms with Crippen LogP contribution >= 0.6 is 0 Å². The van der Waals surface area contributed by atoms with Crippen molar-refractivity contribution in [2.24, 2.45) is 0 Å². The number of hydrogen-bond acceptors (Lipinski definition) is 5. The fourth-order valence-corrected chi connectivity index (χ4v) is 2.93. The van der Waals surface area contributed by atoms with Gasteiger partial charge in [0, 0.05) is 43.8 Å². The van der Waals surface area contributed by atoms with Crippen LogP contribution < -0.4 is 10.3 Å². The second-order valence-corrected chi connectivity index (χ2v) is 7.32. The predicted octanol–water partition coefficient (Wildman–Crippen LogP) is 5.18. The first-order chi connectivity index (χ1) is 15.8. The zero-order valence-electron chi connectivity index (χ0n) is 19.4. The van der Waals surface area contributed by atoms with Gasteiger partial charge in [-0.2, -0.15) is 0 Å². The molecule has 0 unspecified atom stereocenters. The number of methoxy groups -OCH3 is 1. The van der Waals surface area contributed by atoms with Crippen molar-refractivity contribution in [3.05, 3.63) is 87.9 Å². The van der Waals surface area contributed by atoms with Crippen molar-refractivity contribution in [2.45, 2.75) is 40.2 Å². The molecular weight excluding hydrogens is 428 g/mol. The Hall–Kier alpha value is -3.39. The molecule has 176 valence electrons. The van der Waals surface area contributed by atoms with E-state index in [1.165, 1.54) is 23.5 Å². The van der Waals surface area contributed by atoms with Gasteiger partial charge in [-0.3, -0.25) is 19.3 Å². The summed E-state index contributed by atoms with van der Waals surface area (Å²) in [5.74, 6) is -1.29. The van der Waals surface area contributed by atoms with Crippen molar-refractivity contribution >= 4 is 6.08 Å². The molecule has 0 atom stereocenters. The smallest absolute Gasteiger partial charge is 0.259 e. The third-order valence-electron chi connectivity index (χ3n) is 4.70. The summed E-state index contributed by atoms with van der Waals surface area (Å²) in [6, 6.07) is 5.48. The topological polar surface area (TPSA) is 66.2 Å². The molecule has 0 amide bonds. The Kier molecular flexibility index (Phi) is 9.87. The maximum atomic E-state index is 13.7. The summed E-state index contributed by atoms with van der Waals surface area (Å²) < 4.78 is 38.4. The van der Waals surface area contributed by atoms with Crippen LogP contribution in [0.25, 0.3) is 11.8 Å². The summed E-state index contributed by atoms with van der Waals surface area (Å²) in [5, 5.41) is 0. The number of aromatic nitrogens is 3. The van der Waals surface area contributed by atoms with Crippen LogP contribution in [0.3, 0.4) is 0 Å². The molecule has 0 saturated heterocycles. The lowest BCUT2D eigenvalue weighted by Crippen LogP contribution is -2.21. The van der Waals surface area contributed by atoms with Crippen molar-refractivity contribution in [1.82, 2.24) is 14.5 Å². The Morgan fingerprint density at radius 1 is 1.12 bits per heavy atom. The van der Waals surface area contributed by atoms with Gasteiger partial charge in [0.05, 0.1) is 17.6 Å². The minimum atomic E-state index is -0.801. The van der Waals surface area contributed by atoms with E-state index < -0.39 is 11.6 Å². The molecular formula is C25H29F2N3O3. The molecule has 3 rings (SSSR count). The molecule has 6 nitrogen and oxygen atoms in total. The zero-order valence-corrected chi connectivity index (χ0v) is 19.4. The largest absolute Gasteiger partial charge is 0.487 e. The van der Waals surface area contributed by atoms with E-state index in [2.05, 4.69) is 23.5 Å². The van der Waals surface area contributed by atoms with Crippen LogP contribution in [0, 0.1) is 25.5 Å². The fourth-order valence-electron chi connectivity index (χ4n) is 2.93. The summed E-state index contributed by atoms with van der Waals surface area (Å²) in [7, 11) is 1.73. The van der Waals surface area contributed by atoms with Crippen LogP contribution in [-0.4, -0.2) is 28.3 Å². The van der Waals surface area contributed by atoms with Gasteiger partial charge in [0.1, 0.15) is 23.9 Å². The van der Waals surface area contributed by atoms with Gasteiger partial charge in [-0.15, -0.1) is 0 Å². The van der Waals surface area contributed by atoms with Gasteiger partial charge in [-0.25, -0.2) is 8.78 Å². The molecule has 0 saturated carbocycles. The highest BCUT2D eigenvalue weighted by molar-refractivity contribution is 5.51. The van der Waals surface area contributed by atoms with E-state index in [9.17, 15) is 13.6 Å². The van der Waals surface area contributed by atoms with Crippen LogP contribution in [0.15, 0.2) is 48.0 Å². The third kappa shape index (κ3) is 7.32. The van der Waals surface area contributed by atoms with Gasteiger partial charge in [0.15, 0.2) is 5.82 Å². The van der Waals surface area contributed by atoms with Gasteiger partial charge < -0.3 is 9.47 Å². The third-order valence-corrected chi connectivity index (χ3v) is 4.70. The first kappa shape index (κ1) is 25.9. The van der Waals surface area contributed by atoms with Crippen LogP contribution in [0.1, 0.15) is 42.4 Å². The molecule has 0 aromatic carbocycles. The van der Waals surface area contributed by atoms with Crippen LogP contribution in [-0.2, 0) is 11.3 Å². The van der Waals surface area contributed by atoms with E-state index in [-0.39, 0.29) is 23.6 Å². The molecule has 0 radical (unpaired) electrons. The average Bonchev–Trinajstić information content (AvgIpc) is 2.78. The Bertz CT molecular complexity index is 1140. The summed E-state index contributed by atoms with van der Waals surface area (Å²) in [6.45, 7) is 10.2. The first-order valence-electron chi connectivity index (χ1n) is 10.6. The van der Waals surface area contributed by atoms with E-state index in [0.717, 1.165) is 24.4 Å². The molecule has 3 aromatic rings. The number of unbranched alkanes of at least 4 members (excludes halogenated alkanes) is 1. The quantitative estimate of drug-likeness (QED) is 0.436. The lowest BCUT2D eigenvalue weighted by molar-refractivity contribution is 0.194. The molecule has 33 heavy (non-hydrogen) atoms. The van der Waals surface area contributed by atoms with E-state index >= 15 is 0 Å². The molecule has 0 fully saturated rings. The summed E-state index contributed by atoms with van der Waals surface area (Å²) in [6.07, 6.45) is 6.61. The maximum Gasteiger partial charge on any atom is 0.259 e. The Labute approximate surface area is 192 Å². The van der Waals surface area contributed by atoms with Gasteiger partial charge in [0.25, 0.3) is 5.56 Å². The van der Waals surface area contributed by atoms with Crippen molar-refractivity contribution in [2.75, 3.05) is 13.7 Å². The van der Waals surface area contributed by atoms with Gasteiger partial charge in [-0.05, 0) is 38.0 Å². The summed E-state index contributed by atoms with van der Waals surface area (Å²) in [5.41, 5.74) is 2.47. The minimum Gasteiger partial charge on any atom is -0.487 e. The lowest BCUT2D eigenvalue weighted by Gasteiger charge is -2.15. The molecule has 0 aliphatic carbocycles. The maximum absolute atomic E-state index is 13.7. The van der Waals surface area contributed by atoms with Crippen molar-refractivity contribution in [3.8, 4) is 11.4 Å². The number of hydrogen-bond donors (Lipinski definition) is 0. The fraction of sp³-hybridized carbons (Fsp3) is 0.320. The second kappa shape index (κ2) is 12.6. The van der Waals surface area contributed by atoms with Gasteiger partial charge >= 0.3 is 0 Å². The number of pyridine rings is 3. The minimum absolute atomic E-state index is 0.0427. The molecule has 0 N–H and O–H groups in total. The SMILES string of the molecule is C=Cc1cc(-n2c(C)cc(OCc3ncc(F)cc3F)cc2=O)c(C)cn1.CCCCOC. The second-order valence-electron chi connectivity index (χ2n) is 7.32. The highest BCUT2D eigenvalue weighted by atomic mass is 19.1. The Balaban J connectivity index is 0.000000569. The predicted molar refractivity (Wildman–Crippen MR) is 125 cm³/mol. The van der Waals surface area contributed by atoms with E-state index in [1.54, 1.807) is 38.4 Å². The molecule has 0 aliphatic rings.